The summed E-state index contributed by atoms with van der Waals surface area (Å²) in [5.74, 6) is 1.00. The van der Waals surface area contributed by atoms with Crippen LogP contribution in [0.3, 0.4) is 0 Å². The third-order valence-corrected chi connectivity index (χ3v) is 10.1. The maximum Gasteiger partial charge on any atom is 0.349 e. The number of carbonyl (C=O) groups excluding carboxylic acids is 1. The number of ether oxygens (including phenoxy) is 4. The van der Waals surface area contributed by atoms with Gasteiger partial charge in [-0.15, -0.1) is 22.7 Å². The molecule has 4 aliphatic heterocycles. The van der Waals surface area contributed by atoms with Gasteiger partial charge in [-0.1, -0.05) is 12.1 Å². The summed E-state index contributed by atoms with van der Waals surface area (Å²) in [6.07, 6.45) is 1.60. The standard InChI is InChI=1S/C26H26NO6S2.BrH/c1-27(13-15-6-7-19-20(10-15)31-14-30-19)17-11-16(12-18(27)24-23(17)33-24)32-25(28)26(29,21-4-2-8-34-21)22-5-3-9-35-22;/h2-10,16-18,23-24,29H,11-14H2,1H3;1H/q+1;/p-1. The van der Waals surface area contributed by atoms with Gasteiger partial charge in [-0.25, -0.2) is 4.79 Å². The molecule has 3 saturated heterocycles. The first kappa shape index (κ1) is 24.4. The van der Waals surface area contributed by atoms with E-state index in [0.717, 1.165) is 35.4 Å². The Balaban J connectivity index is 0.00000240. The Morgan fingerprint density at radius 2 is 1.69 bits per heavy atom. The second-order valence-electron chi connectivity index (χ2n) is 10.1. The molecule has 4 aliphatic rings. The van der Waals surface area contributed by atoms with Gasteiger partial charge >= 0.3 is 5.97 Å². The number of aliphatic hydroxyl groups is 1. The molecule has 2 aromatic heterocycles. The van der Waals surface area contributed by atoms with Gasteiger partial charge in [0.2, 0.25) is 12.4 Å². The van der Waals surface area contributed by atoms with Crippen LogP contribution >= 0.6 is 22.7 Å². The molecule has 7 nitrogen and oxygen atoms in total. The lowest BCUT2D eigenvalue weighted by Gasteiger charge is -2.48. The van der Waals surface area contributed by atoms with Crippen LogP contribution in [0.15, 0.2) is 53.2 Å². The molecule has 1 aromatic carbocycles. The van der Waals surface area contributed by atoms with E-state index in [1.807, 2.05) is 29.0 Å². The van der Waals surface area contributed by atoms with E-state index in [2.05, 4.69) is 19.2 Å². The molecule has 0 spiro atoms. The number of epoxide rings is 1. The van der Waals surface area contributed by atoms with Crippen LogP contribution in [0.2, 0.25) is 0 Å². The van der Waals surface area contributed by atoms with Gasteiger partial charge in [-0.2, -0.15) is 0 Å². The van der Waals surface area contributed by atoms with Crippen molar-refractivity contribution in [2.24, 2.45) is 0 Å². The Morgan fingerprint density at radius 3 is 2.31 bits per heavy atom. The Hall–Kier alpha value is -1.95. The van der Waals surface area contributed by atoms with Crippen molar-refractivity contribution >= 4 is 28.6 Å². The van der Waals surface area contributed by atoms with E-state index in [-0.39, 0.29) is 54.2 Å². The number of morpholine rings is 1. The van der Waals surface area contributed by atoms with Gasteiger partial charge in [0.25, 0.3) is 0 Å². The van der Waals surface area contributed by atoms with E-state index in [1.54, 1.807) is 12.1 Å². The number of hydrogen-bond donors (Lipinski definition) is 1. The number of quaternary nitrogens is 1. The van der Waals surface area contributed by atoms with Gasteiger partial charge < -0.3 is 45.5 Å². The molecule has 190 valence electrons. The number of thiophene rings is 2. The number of esters is 1. The largest absolute Gasteiger partial charge is 1.00 e. The monoisotopic (exact) mass is 591 g/mol. The summed E-state index contributed by atoms with van der Waals surface area (Å²) in [5.41, 5.74) is -0.573. The first-order chi connectivity index (χ1) is 17.0. The van der Waals surface area contributed by atoms with E-state index in [1.165, 1.54) is 28.2 Å². The molecule has 1 N–H and O–H groups in total. The molecule has 0 amide bonds. The molecule has 3 fully saturated rings. The van der Waals surface area contributed by atoms with Crippen molar-refractivity contribution in [1.29, 1.82) is 0 Å². The lowest BCUT2D eigenvalue weighted by Crippen LogP contribution is -3.00. The van der Waals surface area contributed by atoms with E-state index < -0.39 is 11.6 Å². The second kappa shape index (κ2) is 8.82. The predicted octanol–water partition coefficient (Wildman–Crippen LogP) is 0.649. The number of carbonyl (C=O) groups is 1. The minimum Gasteiger partial charge on any atom is -1.00 e. The van der Waals surface area contributed by atoms with Crippen molar-refractivity contribution in [3.8, 4) is 11.5 Å². The molecule has 36 heavy (non-hydrogen) atoms. The van der Waals surface area contributed by atoms with Gasteiger partial charge in [-0.05, 0) is 41.1 Å². The molecule has 7 rings (SSSR count). The Morgan fingerprint density at radius 1 is 1.06 bits per heavy atom. The topological polar surface area (TPSA) is 77.5 Å². The summed E-state index contributed by atoms with van der Waals surface area (Å²) in [5, 5.41) is 15.3. The summed E-state index contributed by atoms with van der Waals surface area (Å²) < 4.78 is 24.0. The Bertz CT molecular complexity index is 1210. The van der Waals surface area contributed by atoms with Gasteiger partial charge in [-0.3, -0.25) is 0 Å². The quantitative estimate of drug-likeness (QED) is 0.258. The highest BCUT2D eigenvalue weighted by molar-refractivity contribution is 7.12. The molecular weight excluding hydrogens is 566 g/mol. The Kier molecular flexibility index (Phi) is 5.97. The minimum atomic E-state index is -1.77. The molecule has 10 heteroatoms. The van der Waals surface area contributed by atoms with Crippen molar-refractivity contribution in [3.63, 3.8) is 0 Å². The average molecular weight is 593 g/mol. The first-order valence-corrected chi connectivity index (χ1v) is 13.6. The van der Waals surface area contributed by atoms with Crippen LogP contribution in [0.5, 0.6) is 11.5 Å². The van der Waals surface area contributed by atoms with Gasteiger partial charge in [0, 0.05) is 18.4 Å². The minimum absolute atomic E-state index is 0. The number of likely N-dealkylation sites (N-methyl/N-ethyl adjacent to an activating group) is 1. The highest BCUT2D eigenvalue weighted by Gasteiger charge is 2.72. The first-order valence-electron chi connectivity index (χ1n) is 11.9. The van der Waals surface area contributed by atoms with Crippen LogP contribution < -0.4 is 26.5 Å². The summed E-state index contributed by atoms with van der Waals surface area (Å²) in [6.45, 7) is 1.13. The summed E-state index contributed by atoms with van der Waals surface area (Å²) in [4.78, 5) is 14.7. The SMILES string of the molecule is C[N+]1(Cc2ccc3c(c2)OCO3)C2CC(OC(=O)C(O)(c3cccs3)c3cccs3)CC1C1OC12.[Br-]. The summed E-state index contributed by atoms with van der Waals surface area (Å²) in [7, 11) is 2.29. The van der Waals surface area contributed by atoms with Crippen LogP contribution in [0, 0.1) is 0 Å². The zero-order chi connectivity index (χ0) is 23.8. The van der Waals surface area contributed by atoms with Crippen LogP contribution in [0.4, 0.5) is 0 Å². The molecule has 0 aliphatic carbocycles. The summed E-state index contributed by atoms with van der Waals surface area (Å²) in [6, 6.07) is 13.9. The number of benzene rings is 1. The molecule has 0 saturated carbocycles. The molecule has 0 radical (unpaired) electrons. The van der Waals surface area contributed by atoms with E-state index in [9.17, 15) is 9.90 Å². The third-order valence-electron chi connectivity index (χ3n) is 8.13. The lowest BCUT2D eigenvalue weighted by atomic mass is 9.93. The fourth-order valence-corrected chi connectivity index (χ4v) is 8.06. The summed E-state index contributed by atoms with van der Waals surface area (Å²) >= 11 is 2.72. The lowest BCUT2D eigenvalue weighted by molar-refractivity contribution is -0.968. The van der Waals surface area contributed by atoms with Crippen molar-refractivity contribution in [1.82, 2.24) is 0 Å². The molecule has 4 atom stereocenters. The van der Waals surface area contributed by atoms with Gasteiger partial charge in [0.15, 0.2) is 11.5 Å². The second-order valence-corrected chi connectivity index (χ2v) is 12.0. The van der Waals surface area contributed by atoms with Crippen molar-refractivity contribution in [2.45, 2.75) is 55.4 Å². The number of hydrogen-bond acceptors (Lipinski definition) is 8. The fraction of sp³-hybridized carbons (Fsp3) is 0.423. The predicted molar refractivity (Wildman–Crippen MR) is 129 cm³/mol. The van der Waals surface area contributed by atoms with Gasteiger partial charge in [0.05, 0.1) is 16.8 Å². The zero-order valence-electron chi connectivity index (χ0n) is 19.5. The maximum absolute atomic E-state index is 13.5. The van der Waals surface area contributed by atoms with Crippen LogP contribution in [-0.2, 0) is 26.4 Å². The molecule has 3 aromatic rings. The molecule has 6 heterocycles. The molecule has 4 unspecified atom stereocenters. The maximum atomic E-state index is 13.5. The Labute approximate surface area is 227 Å². The van der Waals surface area contributed by atoms with Crippen molar-refractivity contribution < 1.29 is 50.3 Å². The van der Waals surface area contributed by atoms with Crippen LogP contribution in [0.25, 0.3) is 0 Å². The molecular formula is C26H26BrNO6S2. The zero-order valence-corrected chi connectivity index (χ0v) is 22.8. The van der Waals surface area contributed by atoms with E-state index >= 15 is 0 Å². The number of nitrogens with zero attached hydrogens (tertiary/aromatic N) is 1. The van der Waals surface area contributed by atoms with Crippen LogP contribution in [0.1, 0.15) is 28.2 Å². The van der Waals surface area contributed by atoms with E-state index in [0.29, 0.717) is 9.75 Å². The number of piperidine rings is 1. The van der Waals surface area contributed by atoms with Crippen LogP contribution in [-0.4, -0.2) is 59.8 Å². The normalized spacial score (nSPS) is 31.4. The third kappa shape index (κ3) is 3.65. The number of halogens is 1. The van der Waals surface area contributed by atoms with E-state index in [4.69, 9.17) is 18.9 Å². The van der Waals surface area contributed by atoms with Gasteiger partial charge in [0.1, 0.15) is 36.9 Å². The average Bonchev–Trinajstić information content (AvgIpc) is 3.31. The highest BCUT2D eigenvalue weighted by atomic mass is 79.9. The number of fused-ring (bicyclic) bond motifs is 6. The smallest absolute Gasteiger partial charge is 0.349 e. The van der Waals surface area contributed by atoms with Crippen molar-refractivity contribution in [2.75, 3.05) is 13.8 Å². The fourth-order valence-electron chi connectivity index (χ4n) is 6.35. The highest BCUT2D eigenvalue weighted by Crippen LogP contribution is 2.54. The van der Waals surface area contributed by atoms with Crippen molar-refractivity contribution in [3.05, 3.63) is 68.5 Å². The number of rotatable bonds is 6. The molecule has 2 bridgehead atoms.